The Morgan fingerprint density at radius 1 is 1.12 bits per heavy atom. The number of nitrogens with zero attached hydrogens (tertiary/aromatic N) is 1. The summed E-state index contributed by atoms with van der Waals surface area (Å²) in [5, 5.41) is 2.56. The van der Waals surface area contributed by atoms with Gasteiger partial charge in [0.25, 0.3) is 0 Å². The van der Waals surface area contributed by atoms with E-state index in [0.717, 1.165) is 5.69 Å². The summed E-state index contributed by atoms with van der Waals surface area (Å²) < 4.78 is 33.2. The number of rotatable bonds is 7. The van der Waals surface area contributed by atoms with Crippen LogP contribution in [0.5, 0.6) is 5.75 Å². The molecule has 0 aliphatic carbocycles. The molecule has 1 aromatic heterocycles. The minimum absolute atomic E-state index is 0.232. The number of thiazole rings is 1. The number of hydrogen-bond donors (Lipinski definition) is 1. The molecule has 0 aliphatic rings. The molecule has 3 aromatic rings. The first-order chi connectivity index (χ1) is 12.4. The first-order valence-corrected chi connectivity index (χ1v) is 10.8. The standard InChI is InChI=1S/C17H14Cl2N2O3S2/c18-14-6-5-12(7-15(14)19)10-26(22,23)21-16-3-1-2-4-17(16)24-8-13-9-25-11-20-13/h1-7,9,11,21H,8,10H2. The fraction of sp³-hybridized carbons (Fsp3) is 0.118. The summed E-state index contributed by atoms with van der Waals surface area (Å²) in [6, 6.07) is 11.6. The van der Waals surface area contributed by atoms with Gasteiger partial charge in [0.15, 0.2) is 0 Å². The zero-order valence-corrected chi connectivity index (χ0v) is 16.5. The Bertz CT molecular complexity index is 993. The summed E-state index contributed by atoms with van der Waals surface area (Å²) in [5.74, 6) is 0.197. The van der Waals surface area contributed by atoms with E-state index in [1.165, 1.54) is 17.4 Å². The molecule has 0 spiro atoms. The van der Waals surface area contributed by atoms with Crippen molar-refractivity contribution < 1.29 is 13.2 Å². The highest BCUT2D eigenvalue weighted by atomic mass is 35.5. The molecule has 0 unspecified atom stereocenters. The van der Waals surface area contributed by atoms with Crippen LogP contribution in [0.3, 0.4) is 0 Å². The maximum Gasteiger partial charge on any atom is 0.237 e. The number of para-hydroxylation sites is 2. The normalized spacial score (nSPS) is 11.3. The minimum atomic E-state index is -3.66. The van der Waals surface area contributed by atoms with Gasteiger partial charge in [-0.05, 0) is 29.8 Å². The van der Waals surface area contributed by atoms with E-state index in [2.05, 4.69) is 9.71 Å². The van der Waals surface area contributed by atoms with E-state index in [1.807, 2.05) is 5.38 Å². The Balaban J connectivity index is 1.73. The number of halogens is 2. The molecule has 0 fully saturated rings. The minimum Gasteiger partial charge on any atom is -0.485 e. The SMILES string of the molecule is O=S(=O)(Cc1ccc(Cl)c(Cl)c1)Nc1ccccc1OCc1cscn1. The lowest BCUT2D eigenvalue weighted by atomic mass is 10.2. The molecular formula is C17H14Cl2N2O3S2. The van der Waals surface area contributed by atoms with Gasteiger partial charge in [0.1, 0.15) is 12.4 Å². The highest BCUT2D eigenvalue weighted by molar-refractivity contribution is 7.91. The maximum atomic E-state index is 12.5. The van der Waals surface area contributed by atoms with Crippen LogP contribution >= 0.6 is 34.5 Å². The van der Waals surface area contributed by atoms with Crippen molar-refractivity contribution in [2.75, 3.05) is 4.72 Å². The van der Waals surface area contributed by atoms with Crippen molar-refractivity contribution in [1.82, 2.24) is 4.98 Å². The topological polar surface area (TPSA) is 68.3 Å². The number of hydrogen-bond acceptors (Lipinski definition) is 5. The lowest BCUT2D eigenvalue weighted by Crippen LogP contribution is -2.16. The third-order valence-electron chi connectivity index (χ3n) is 3.35. The van der Waals surface area contributed by atoms with Crippen molar-refractivity contribution in [3.05, 3.63) is 74.7 Å². The predicted octanol–water partition coefficient (Wildman–Crippen LogP) is 4.97. The number of benzene rings is 2. The second-order valence-electron chi connectivity index (χ2n) is 5.37. The van der Waals surface area contributed by atoms with Crippen LogP contribution in [0, 0.1) is 0 Å². The Labute approximate surface area is 165 Å². The summed E-state index contributed by atoms with van der Waals surface area (Å²) >= 11 is 13.3. The number of anilines is 1. The van der Waals surface area contributed by atoms with Crippen molar-refractivity contribution in [3.63, 3.8) is 0 Å². The summed E-state index contributed by atoms with van der Waals surface area (Å²) in [6.07, 6.45) is 0. The van der Waals surface area contributed by atoms with Gasteiger partial charge in [-0.15, -0.1) is 11.3 Å². The lowest BCUT2D eigenvalue weighted by Gasteiger charge is -2.13. The zero-order chi connectivity index (χ0) is 18.6. The van der Waals surface area contributed by atoms with Gasteiger partial charge in [-0.2, -0.15) is 0 Å². The second-order valence-corrected chi connectivity index (χ2v) is 8.63. The highest BCUT2D eigenvalue weighted by Crippen LogP contribution is 2.27. The van der Waals surface area contributed by atoms with E-state index in [4.69, 9.17) is 27.9 Å². The van der Waals surface area contributed by atoms with Crippen LogP contribution < -0.4 is 9.46 Å². The molecule has 136 valence electrons. The third-order valence-corrected chi connectivity index (χ3v) is 5.97. The van der Waals surface area contributed by atoms with E-state index in [0.29, 0.717) is 27.0 Å². The molecule has 2 aromatic carbocycles. The molecule has 26 heavy (non-hydrogen) atoms. The van der Waals surface area contributed by atoms with Gasteiger partial charge >= 0.3 is 0 Å². The highest BCUT2D eigenvalue weighted by Gasteiger charge is 2.15. The third kappa shape index (κ3) is 5.11. The smallest absolute Gasteiger partial charge is 0.237 e. The molecule has 0 saturated carbocycles. The fourth-order valence-electron chi connectivity index (χ4n) is 2.19. The maximum absolute atomic E-state index is 12.5. The molecule has 0 amide bonds. The molecule has 0 aliphatic heterocycles. The first kappa shape index (κ1) is 19.0. The Morgan fingerprint density at radius 2 is 1.92 bits per heavy atom. The lowest BCUT2D eigenvalue weighted by molar-refractivity contribution is 0.304. The second kappa shape index (κ2) is 8.26. The van der Waals surface area contributed by atoms with Crippen LogP contribution in [-0.2, 0) is 22.4 Å². The van der Waals surface area contributed by atoms with E-state index >= 15 is 0 Å². The van der Waals surface area contributed by atoms with Crippen LogP contribution in [0.25, 0.3) is 0 Å². The average Bonchev–Trinajstić information content (AvgIpc) is 3.10. The van der Waals surface area contributed by atoms with Crippen LogP contribution in [0.1, 0.15) is 11.3 Å². The van der Waals surface area contributed by atoms with E-state index in [9.17, 15) is 8.42 Å². The summed E-state index contributed by atoms with van der Waals surface area (Å²) in [5.41, 5.74) is 3.39. The van der Waals surface area contributed by atoms with Crippen molar-refractivity contribution in [2.24, 2.45) is 0 Å². The van der Waals surface area contributed by atoms with Crippen LogP contribution in [0.2, 0.25) is 10.0 Å². The average molecular weight is 429 g/mol. The van der Waals surface area contributed by atoms with Gasteiger partial charge in [-0.1, -0.05) is 41.4 Å². The summed E-state index contributed by atoms with van der Waals surface area (Å²) in [4.78, 5) is 4.14. The van der Waals surface area contributed by atoms with Crippen LogP contribution in [0.15, 0.2) is 53.4 Å². The number of nitrogens with one attached hydrogen (secondary N) is 1. The first-order valence-electron chi connectivity index (χ1n) is 7.46. The molecular weight excluding hydrogens is 415 g/mol. The summed E-state index contributed by atoms with van der Waals surface area (Å²) in [6.45, 7) is 0.259. The molecule has 1 N–H and O–H groups in total. The van der Waals surface area contributed by atoms with E-state index in [1.54, 1.807) is 41.9 Å². The molecule has 5 nitrogen and oxygen atoms in total. The van der Waals surface area contributed by atoms with Gasteiger partial charge in [0, 0.05) is 5.38 Å². The predicted molar refractivity (Wildman–Crippen MR) is 106 cm³/mol. The molecule has 0 saturated heterocycles. The van der Waals surface area contributed by atoms with E-state index in [-0.39, 0.29) is 12.4 Å². The van der Waals surface area contributed by atoms with Crippen LogP contribution in [0.4, 0.5) is 5.69 Å². The fourth-order valence-corrected chi connectivity index (χ4v) is 4.25. The quantitative estimate of drug-likeness (QED) is 0.576. The molecule has 3 rings (SSSR count). The number of aromatic nitrogens is 1. The number of ether oxygens (including phenoxy) is 1. The molecule has 0 atom stereocenters. The van der Waals surface area contributed by atoms with Crippen molar-refractivity contribution in [1.29, 1.82) is 0 Å². The van der Waals surface area contributed by atoms with Gasteiger partial charge in [-0.25, -0.2) is 13.4 Å². The zero-order valence-electron chi connectivity index (χ0n) is 13.4. The number of sulfonamides is 1. The molecule has 1 heterocycles. The van der Waals surface area contributed by atoms with E-state index < -0.39 is 10.0 Å². The molecule has 0 bridgehead atoms. The van der Waals surface area contributed by atoms with Gasteiger partial charge in [0.2, 0.25) is 10.0 Å². The Morgan fingerprint density at radius 3 is 2.65 bits per heavy atom. The largest absolute Gasteiger partial charge is 0.485 e. The Kier molecular flexibility index (Phi) is 6.03. The van der Waals surface area contributed by atoms with Gasteiger partial charge < -0.3 is 4.74 Å². The van der Waals surface area contributed by atoms with Gasteiger partial charge in [0.05, 0.1) is 32.7 Å². The molecule has 9 heteroatoms. The monoisotopic (exact) mass is 428 g/mol. The van der Waals surface area contributed by atoms with Crippen molar-refractivity contribution in [3.8, 4) is 5.75 Å². The van der Waals surface area contributed by atoms with Gasteiger partial charge in [-0.3, -0.25) is 4.72 Å². The molecule has 0 radical (unpaired) electrons. The van der Waals surface area contributed by atoms with Crippen molar-refractivity contribution in [2.45, 2.75) is 12.4 Å². The van der Waals surface area contributed by atoms with Crippen LogP contribution in [-0.4, -0.2) is 13.4 Å². The van der Waals surface area contributed by atoms with Crippen molar-refractivity contribution >= 4 is 50.2 Å². The Hall–Kier alpha value is -1.80. The summed E-state index contributed by atoms with van der Waals surface area (Å²) in [7, 11) is -3.66.